The van der Waals surface area contributed by atoms with Crippen molar-refractivity contribution in [2.24, 2.45) is 0 Å². The van der Waals surface area contributed by atoms with Crippen molar-refractivity contribution in [2.45, 2.75) is 43.6 Å². The predicted molar refractivity (Wildman–Crippen MR) is 101 cm³/mol. The van der Waals surface area contributed by atoms with Crippen LogP contribution < -0.4 is 0 Å². The zero-order valence-electron chi connectivity index (χ0n) is 15.9. The van der Waals surface area contributed by atoms with E-state index in [4.69, 9.17) is 9.47 Å². The molecule has 0 aliphatic carbocycles. The maximum absolute atomic E-state index is 13.5. The Morgan fingerprint density at radius 2 is 1.69 bits per heavy atom. The van der Waals surface area contributed by atoms with Crippen molar-refractivity contribution in [1.82, 2.24) is 4.90 Å². The number of halogens is 2. The number of hydrogen-bond acceptors (Lipinski definition) is 4. The van der Waals surface area contributed by atoms with Gasteiger partial charge in [0.15, 0.2) is 0 Å². The molecule has 29 heavy (non-hydrogen) atoms. The highest BCUT2D eigenvalue weighted by Crippen LogP contribution is 2.37. The molecule has 0 radical (unpaired) electrons. The molecule has 0 aromatic heterocycles. The number of amides is 1. The molecule has 2 aromatic rings. The van der Waals surface area contributed by atoms with Gasteiger partial charge in [0.1, 0.15) is 18.2 Å². The minimum atomic E-state index is -1.17. The number of morpholine rings is 1. The number of hydrogen-bond donors (Lipinski definition) is 1. The molecule has 1 N–H and O–H groups in total. The third kappa shape index (κ3) is 4.57. The summed E-state index contributed by atoms with van der Waals surface area (Å²) < 4.78 is 38.1. The van der Waals surface area contributed by atoms with E-state index in [2.05, 4.69) is 0 Å². The van der Waals surface area contributed by atoms with Crippen LogP contribution >= 0.6 is 0 Å². The maximum Gasteiger partial charge on any atom is 0.410 e. The lowest BCUT2D eigenvalue weighted by atomic mass is 9.78. The van der Waals surface area contributed by atoms with E-state index >= 15 is 0 Å². The average molecular weight is 403 g/mol. The van der Waals surface area contributed by atoms with Gasteiger partial charge in [-0.2, -0.15) is 0 Å². The van der Waals surface area contributed by atoms with Crippen LogP contribution in [0.1, 0.15) is 24.0 Å². The third-order valence-electron chi connectivity index (χ3n) is 5.51. The largest absolute Gasteiger partial charge is 0.445 e. The summed E-state index contributed by atoms with van der Waals surface area (Å²) in [6.45, 7) is 0.747. The van der Waals surface area contributed by atoms with Crippen LogP contribution in [0, 0.1) is 11.6 Å². The van der Waals surface area contributed by atoms with Crippen molar-refractivity contribution in [2.75, 3.05) is 13.2 Å². The number of rotatable bonds is 4. The number of benzene rings is 2. The second-order valence-corrected chi connectivity index (χ2v) is 7.88. The molecule has 154 valence electrons. The summed E-state index contributed by atoms with van der Waals surface area (Å²) in [5.74, 6) is -1.34. The van der Waals surface area contributed by atoms with Crippen molar-refractivity contribution in [3.8, 4) is 0 Å². The Hall–Kier alpha value is -2.51. The normalized spacial score (nSPS) is 26.2. The molecular formula is C22H23F2NO4. The Kier molecular flexibility index (Phi) is 5.52. The van der Waals surface area contributed by atoms with Gasteiger partial charge in [-0.1, -0.05) is 30.3 Å². The van der Waals surface area contributed by atoms with Gasteiger partial charge in [0.25, 0.3) is 0 Å². The van der Waals surface area contributed by atoms with Crippen LogP contribution in [0.5, 0.6) is 0 Å². The Labute approximate surface area is 167 Å². The number of fused-ring (bicyclic) bond motifs is 2. The number of carbonyl (C=O) groups excluding carboxylic acids is 1. The van der Waals surface area contributed by atoms with Crippen molar-refractivity contribution in [1.29, 1.82) is 0 Å². The number of carbonyl (C=O) groups is 1. The first-order valence-corrected chi connectivity index (χ1v) is 9.66. The third-order valence-corrected chi connectivity index (χ3v) is 5.51. The van der Waals surface area contributed by atoms with Crippen LogP contribution in [0.4, 0.5) is 13.6 Å². The fourth-order valence-corrected chi connectivity index (χ4v) is 4.40. The monoisotopic (exact) mass is 403 g/mol. The van der Waals surface area contributed by atoms with Crippen LogP contribution in [0.15, 0.2) is 48.5 Å². The fraction of sp³-hybridized carbons (Fsp3) is 0.409. The van der Waals surface area contributed by atoms with E-state index in [0.29, 0.717) is 5.56 Å². The summed E-state index contributed by atoms with van der Waals surface area (Å²) in [4.78, 5) is 14.4. The minimum absolute atomic E-state index is 0.113. The molecule has 2 aliphatic rings. The van der Waals surface area contributed by atoms with E-state index in [1.807, 2.05) is 30.3 Å². The molecule has 7 heteroatoms. The van der Waals surface area contributed by atoms with Crippen molar-refractivity contribution in [3.63, 3.8) is 0 Å². The Bertz CT molecular complexity index is 842. The first-order valence-electron chi connectivity index (χ1n) is 9.66. The summed E-state index contributed by atoms with van der Waals surface area (Å²) in [5, 5.41) is 11.1. The number of nitrogens with zero attached hydrogens (tertiary/aromatic N) is 1. The van der Waals surface area contributed by atoms with Crippen molar-refractivity contribution >= 4 is 6.09 Å². The quantitative estimate of drug-likeness (QED) is 0.850. The Morgan fingerprint density at radius 1 is 1.07 bits per heavy atom. The van der Waals surface area contributed by atoms with Crippen molar-refractivity contribution < 1.29 is 28.2 Å². The van der Waals surface area contributed by atoms with Crippen LogP contribution in [0.2, 0.25) is 0 Å². The van der Waals surface area contributed by atoms with Gasteiger partial charge >= 0.3 is 6.09 Å². The van der Waals surface area contributed by atoms with Crippen molar-refractivity contribution in [3.05, 3.63) is 71.3 Å². The van der Waals surface area contributed by atoms with Gasteiger partial charge in [-0.3, -0.25) is 4.90 Å². The summed E-state index contributed by atoms with van der Waals surface area (Å²) in [7, 11) is 0. The molecule has 2 atom stereocenters. The Balaban J connectivity index is 1.44. The summed E-state index contributed by atoms with van der Waals surface area (Å²) in [6.07, 6.45) is 0.178. The molecule has 2 heterocycles. The van der Waals surface area contributed by atoms with Gasteiger partial charge in [0.05, 0.1) is 30.9 Å². The topological polar surface area (TPSA) is 59.0 Å². The predicted octanol–water partition coefficient (Wildman–Crippen LogP) is 3.44. The molecule has 0 saturated carbocycles. The minimum Gasteiger partial charge on any atom is -0.445 e. The number of ether oxygens (including phenoxy) is 2. The molecule has 2 saturated heterocycles. The maximum atomic E-state index is 13.5. The first kappa shape index (κ1) is 19.8. The van der Waals surface area contributed by atoms with E-state index in [9.17, 15) is 18.7 Å². The van der Waals surface area contributed by atoms with Gasteiger partial charge in [0.2, 0.25) is 0 Å². The van der Waals surface area contributed by atoms with Gasteiger partial charge < -0.3 is 14.6 Å². The van der Waals surface area contributed by atoms with E-state index in [-0.39, 0.29) is 51.2 Å². The fourth-order valence-electron chi connectivity index (χ4n) is 4.40. The second-order valence-electron chi connectivity index (χ2n) is 7.88. The van der Waals surface area contributed by atoms with Crippen LogP contribution in [0.25, 0.3) is 0 Å². The number of piperidine rings is 1. The standard InChI is InChI=1S/C22H23F2NO4/c23-17-6-16(7-18(24)8-17)9-22(27)10-19-13-28-14-20(11-22)25(19)21(26)29-12-15-4-2-1-3-5-15/h1-8,19-20,27H,9-14H2. The van der Waals surface area contributed by atoms with Gasteiger partial charge in [-0.15, -0.1) is 0 Å². The molecular weight excluding hydrogens is 380 g/mol. The molecule has 2 bridgehead atoms. The van der Waals surface area contributed by atoms with E-state index < -0.39 is 23.3 Å². The summed E-state index contributed by atoms with van der Waals surface area (Å²) in [6, 6.07) is 12.0. The highest BCUT2D eigenvalue weighted by molar-refractivity contribution is 5.69. The molecule has 2 fully saturated rings. The first-order chi connectivity index (χ1) is 13.9. The zero-order chi connectivity index (χ0) is 20.4. The average Bonchev–Trinajstić information content (AvgIpc) is 2.65. The zero-order valence-corrected chi connectivity index (χ0v) is 15.9. The lowest BCUT2D eigenvalue weighted by Crippen LogP contribution is -2.64. The smallest absolute Gasteiger partial charge is 0.410 e. The van der Waals surface area contributed by atoms with Gasteiger partial charge in [-0.05, 0) is 36.1 Å². The van der Waals surface area contributed by atoms with Crippen LogP contribution in [-0.4, -0.2) is 47.0 Å². The molecule has 2 aliphatic heterocycles. The Morgan fingerprint density at radius 3 is 2.31 bits per heavy atom. The lowest BCUT2D eigenvalue weighted by molar-refractivity contribution is -0.132. The summed E-state index contributed by atoms with van der Waals surface area (Å²) >= 11 is 0. The van der Waals surface area contributed by atoms with E-state index in [1.165, 1.54) is 12.1 Å². The molecule has 1 amide bonds. The molecule has 2 aromatic carbocycles. The van der Waals surface area contributed by atoms with E-state index in [0.717, 1.165) is 11.6 Å². The van der Waals surface area contributed by atoms with Crippen LogP contribution in [-0.2, 0) is 22.5 Å². The SMILES string of the molecule is O=C(OCc1ccccc1)N1C2COCC1CC(O)(Cc1cc(F)cc(F)c1)C2. The van der Waals surface area contributed by atoms with E-state index in [1.54, 1.807) is 4.90 Å². The summed E-state index contributed by atoms with van der Waals surface area (Å²) in [5.41, 5.74) is 0.114. The highest BCUT2D eigenvalue weighted by Gasteiger charge is 2.48. The molecule has 0 spiro atoms. The number of aliphatic hydroxyl groups is 1. The van der Waals surface area contributed by atoms with Crippen LogP contribution in [0.3, 0.4) is 0 Å². The molecule has 5 nitrogen and oxygen atoms in total. The molecule has 4 rings (SSSR count). The highest BCUT2D eigenvalue weighted by atomic mass is 19.1. The van der Waals surface area contributed by atoms with Gasteiger partial charge in [-0.25, -0.2) is 13.6 Å². The lowest BCUT2D eigenvalue weighted by Gasteiger charge is -2.51. The molecule has 2 unspecified atom stereocenters. The second kappa shape index (κ2) is 8.08. The van der Waals surface area contributed by atoms with Gasteiger partial charge in [0, 0.05) is 12.5 Å².